The number of amides is 2. The lowest BCUT2D eigenvalue weighted by molar-refractivity contribution is 0.0600. The first-order valence-electron chi connectivity index (χ1n) is 7.16. The molecule has 0 atom stereocenters. The number of urea groups is 1. The first kappa shape index (κ1) is 18.4. The molecule has 0 aliphatic heterocycles. The molecule has 8 heteroatoms. The molecule has 0 heterocycles. The molecule has 132 valence electrons. The van der Waals surface area contributed by atoms with E-state index in [1.54, 1.807) is 24.3 Å². The van der Waals surface area contributed by atoms with Crippen LogP contribution in [0.4, 0.5) is 16.2 Å². The monoisotopic (exact) mass is 364 g/mol. The highest BCUT2D eigenvalue weighted by atomic mass is 35.5. The van der Waals surface area contributed by atoms with Gasteiger partial charge in [0.2, 0.25) is 0 Å². The van der Waals surface area contributed by atoms with Crippen molar-refractivity contribution in [2.75, 3.05) is 32.0 Å². The summed E-state index contributed by atoms with van der Waals surface area (Å²) in [7, 11) is 4.21. The van der Waals surface area contributed by atoms with Crippen LogP contribution >= 0.6 is 11.6 Å². The largest absolute Gasteiger partial charge is 0.495 e. The summed E-state index contributed by atoms with van der Waals surface area (Å²) >= 11 is 6.03. The average molecular weight is 365 g/mol. The van der Waals surface area contributed by atoms with Crippen LogP contribution < -0.4 is 20.1 Å². The van der Waals surface area contributed by atoms with Crippen LogP contribution in [0.25, 0.3) is 0 Å². The second kappa shape index (κ2) is 8.25. The van der Waals surface area contributed by atoms with Gasteiger partial charge in [0.1, 0.15) is 11.5 Å². The van der Waals surface area contributed by atoms with Gasteiger partial charge in [-0.15, -0.1) is 0 Å². The molecule has 0 aliphatic rings. The normalized spacial score (nSPS) is 9.92. The number of hydrogen-bond donors (Lipinski definition) is 2. The molecule has 2 amide bonds. The van der Waals surface area contributed by atoms with E-state index in [0.717, 1.165) is 0 Å². The minimum absolute atomic E-state index is 0.325. The first-order chi connectivity index (χ1) is 12.0. The van der Waals surface area contributed by atoms with Crippen LogP contribution in [0.5, 0.6) is 11.5 Å². The molecule has 2 N–H and O–H groups in total. The van der Waals surface area contributed by atoms with Crippen LogP contribution in [0.2, 0.25) is 5.02 Å². The van der Waals surface area contributed by atoms with Crippen molar-refractivity contribution in [3.05, 3.63) is 47.0 Å². The number of rotatable bonds is 5. The average Bonchev–Trinajstić information content (AvgIpc) is 2.62. The van der Waals surface area contributed by atoms with E-state index in [0.29, 0.717) is 33.5 Å². The number of halogens is 1. The third kappa shape index (κ3) is 4.54. The Hall–Kier alpha value is -2.93. The predicted octanol–water partition coefficient (Wildman–Crippen LogP) is 3.79. The highest BCUT2D eigenvalue weighted by Gasteiger charge is 2.13. The van der Waals surface area contributed by atoms with Crippen molar-refractivity contribution in [2.24, 2.45) is 0 Å². The summed E-state index contributed by atoms with van der Waals surface area (Å²) in [5.41, 5.74) is 1.14. The van der Waals surface area contributed by atoms with Crippen molar-refractivity contribution in [3.63, 3.8) is 0 Å². The summed E-state index contributed by atoms with van der Waals surface area (Å²) < 4.78 is 15.0. The van der Waals surface area contributed by atoms with E-state index in [2.05, 4.69) is 15.4 Å². The number of methoxy groups -OCH3 is 3. The number of esters is 1. The van der Waals surface area contributed by atoms with E-state index in [4.69, 9.17) is 21.1 Å². The maximum absolute atomic E-state index is 12.2. The van der Waals surface area contributed by atoms with Crippen LogP contribution in [0, 0.1) is 0 Å². The summed E-state index contributed by atoms with van der Waals surface area (Å²) in [6.45, 7) is 0. The van der Waals surface area contributed by atoms with Crippen LogP contribution in [0.15, 0.2) is 36.4 Å². The lowest BCUT2D eigenvalue weighted by Crippen LogP contribution is -2.20. The highest BCUT2D eigenvalue weighted by molar-refractivity contribution is 6.32. The molecule has 0 spiro atoms. The molecular weight excluding hydrogens is 348 g/mol. The van der Waals surface area contributed by atoms with Crippen LogP contribution in [-0.4, -0.2) is 33.3 Å². The maximum atomic E-state index is 12.2. The molecule has 0 fully saturated rings. The van der Waals surface area contributed by atoms with Crippen LogP contribution in [0.3, 0.4) is 0 Å². The molecule has 0 saturated heterocycles. The van der Waals surface area contributed by atoms with Crippen LogP contribution in [-0.2, 0) is 4.74 Å². The molecular formula is C17H17ClN2O5. The van der Waals surface area contributed by atoms with Gasteiger partial charge in [-0.25, -0.2) is 9.59 Å². The Labute approximate surface area is 149 Å². The summed E-state index contributed by atoms with van der Waals surface area (Å²) in [5, 5.41) is 5.63. The van der Waals surface area contributed by atoms with E-state index < -0.39 is 12.0 Å². The molecule has 0 unspecified atom stereocenters. The molecule has 0 aliphatic carbocycles. The van der Waals surface area contributed by atoms with E-state index in [9.17, 15) is 9.59 Å². The zero-order chi connectivity index (χ0) is 18.4. The second-order valence-electron chi connectivity index (χ2n) is 4.84. The number of hydrogen-bond acceptors (Lipinski definition) is 5. The van der Waals surface area contributed by atoms with Gasteiger partial charge in [0.15, 0.2) is 0 Å². The zero-order valence-electron chi connectivity index (χ0n) is 13.9. The molecule has 7 nitrogen and oxygen atoms in total. The van der Waals surface area contributed by atoms with Gasteiger partial charge >= 0.3 is 12.0 Å². The van der Waals surface area contributed by atoms with Gasteiger partial charge in [-0.2, -0.15) is 0 Å². The minimum atomic E-state index is -0.523. The van der Waals surface area contributed by atoms with Gasteiger partial charge in [0, 0.05) is 17.8 Å². The zero-order valence-corrected chi connectivity index (χ0v) is 14.6. The summed E-state index contributed by atoms with van der Waals surface area (Å²) in [6.07, 6.45) is 0. The number of benzene rings is 2. The van der Waals surface area contributed by atoms with Crippen molar-refractivity contribution >= 4 is 35.0 Å². The van der Waals surface area contributed by atoms with Gasteiger partial charge in [-0.3, -0.25) is 0 Å². The smallest absolute Gasteiger partial charge is 0.337 e. The Balaban J connectivity index is 2.16. The summed E-state index contributed by atoms with van der Waals surface area (Å²) in [5.74, 6) is 0.280. The van der Waals surface area contributed by atoms with Gasteiger partial charge in [0.25, 0.3) is 0 Å². The van der Waals surface area contributed by atoms with Gasteiger partial charge in [-0.1, -0.05) is 17.7 Å². The van der Waals surface area contributed by atoms with Crippen molar-refractivity contribution < 1.29 is 23.8 Å². The number of carbonyl (C=O) groups excluding carboxylic acids is 2. The molecule has 2 rings (SSSR count). The molecule has 0 radical (unpaired) electrons. The number of anilines is 2. The van der Waals surface area contributed by atoms with Crippen molar-refractivity contribution in [1.29, 1.82) is 0 Å². The number of carbonyl (C=O) groups is 2. The lowest BCUT2D eigenvalue weighted by Gasteiger charge is -2.14. The SMILES string of the molecule is COC(=O)c1cccc(NC(=O)Nc2cc(OC)c(Cl)cc2OC)c1. The summed E-state index contributed by atoms with van der Waals surface area (Å²) in [4.78, 5) is 23.8. The predicted molar refractivity (Wildman–Crippen MR) is 95.0 cm³/mol. The Morgan fingerprint density at radius 2 is 1.68 bits per heavy atom. The maximum Gasteiger partial charge on any atom is 0.337 e. The molecule has 2 aromatic rings. The molecule has 0 saturated carbocycles. The quantitative estimate of drug-likeness (QED) is 0.788. The molecule has 0 aromatic heterocycles. The number of ether oxygens (including phenoxy) is 3. The van der Waals surface area contributed by atoms with Crippen molar-refractivity contribution in [1.82, 2.24) is 0 Å². The van der Waals surface area contributed by atoms with E-state index in [-0.39, 0.29) is 0 Å². The minimum Gasteiger partial charge on any atom is -0.495 e. The first-order valence-corrected chi connectivity index (χ1v) is 7.54. The second-order valence-corrected chi connectivity index (χ2v) is 5.25. The van der Waals surface area contributed by atoms with Crippen molar-refractivity contribution in [2.45, 2.75) is 0 Å². The van der Waals surface area contributed by atoms with Gasteiger partial charge in [0.05, 0.1) is 37.6 Å². The number of nitrogens with one attached hydrogen (secondary N) is 2. The molecule has 2 aromatic carbocycles. The Morgan fingerprint density at radius 1 is 0.960 bits per heavy atom. The van der Waals surface area contributed by atoms with E-state index >= 15 is 0 Å². The fourth-order valence-corrected chi connectivity index (χ4v) is 2.32. The van der Waals surface area contributed by atoms with Crippen molar-refractivity contribution in [3.8, 4) is 11.5 Å². The molecule has 25 heavy (non-hydrogen) atoms. The molecule has 0 bridgehead atoms. The van der Waals surface area contributed by atoms with E-state index in [1.807, 2.05) is 0 Å². The topological polar surface area (TPSA) is 85.9 Å². The van der Waals surface area contributed by atoms with E-state index in [1.165, 1.54) is 33.5 Å². The highest BCUT2D eigenvalue weighted by Crippen LogP contribution is 2.35. The third-order valence-corrected chi connectivity index (χ3v) is 3.56. The standard InChI is InChI=1S/C17H17ClN2O5/c1-23-14-9-13(15(24-2)8-12(14)18)20-17(22)19-11-6-4-5-10(7-11)16(21)25-3/h4-9H,1-3H3,(H2,19,20,22). The third-order valence-electron chi connectivity index (χ3n) is 3.26. The van der Waals surface area contributed by atoms with Crippen LogP contribution in [0.1, 0.15) is 10.4 Å². The fourth-order valence-electron chi connectivity index (χ4n) is 2.08. The summed E-state index contributed by atoms with van der Waals surface area (Å²) in [6, 6.07) is 8.93. The fraction of sp³-hybridized carbons (Fsp3) is 0.176. The lowest BCUT2D eigenvalue weighted by atomic mass is 10.2. The van der Waals surface area contributed by atoms with Gasteiger partial charge < -0.3 is 24.8 Å². The Bertz CT molecular complexity index is 795. The van der Waals surface area contributed by atoms with Gasteiger partial charge in [-0.05, 0) is 18.2 Å². The Morgan fingerprint density at radius 3 is 2.32 bits per heavy atom. The Kier molecular flexibility index (Phi) is 6.08.